The number of carbonyl (C=O) groups is 4. The number of aromatic carboxylic acids is 1. The fourth-order valence-corrected chi connectivity index (χ4v) is 7.49. The molecule has 0 unspecified atom stereocenters. The fraction of sp³-hybridized carbons (Fsp3) is 0.208. The summed E-state index contributed by atoms with van der Waals surface area (Å²) in [5.41, 5.74) is 4.12. The third-order valence-corrected chi connectivity index (χ3v) is 11.1. The zero-order valence-corrected chi connectivity index (χ0v) is 38.2. The van der Waals surface area contributed by atoms with Crippen molar-refractivity contribution in [2.45, 2.75) is 20.4 Å². The highest BCUT2D eigenvalue weighted by Crippen LogP contribution is 2.42. The number of nitrogens with one attached hydrogen (secondary N) is 3. The van der Waals surface area contributed by atoms with Crippen molar-refractivity contribution in [3.63, 3.8) is 0 Å². The molecule has 21 heteroatoms. The van der Waals surface area contributed by atoms with E-state index in [1.807, 2.05) is 74.1 Å². The molecule has 1 aliphatic carbocycles. The van der Waals surface area contributed by atoms with Gasteiger partial charge in [0.25, 0.3) is 29.1 Å². The molecule has 0 saturated heterocycles. The van der Waals surface area contributed by atoms with E-state index in [2.05, 4.69) is 31.3 Å². The van der Waals surface area contributed by atoms with Gasteiger partial charge in [0.2, 0.25) is 5.36 Å². The summed E-state index contributed by atoms with van der Waals surface area (Å²) in [7, 11) is 7.67. The van der Waals surface area contributed by atoms with Crippen LogP contribution in [0.4, 0.5) is 28.4 Å². The summed E-state index contributed by atoms with van der Waals surface area (Å²) < 4.78 is 10.0. The number of carboxylic acids is 1. The Hall–Kier alpha value is -9.14. The van der Waals surface area contributed by atoms with Crippen molar-refractivity contribution in [3.8, 4) is 22.5 Å². The number of benzene rings is 5. The van der Waals surface area contributed by atoms with Crippen LogP contribution in [-0.4, -0.2) is 91.1 Å². The number of hydrogen-bond acceptors (Lipinski definition) is 14. The molecular formula is C48H45N11O10. The number of anilines is 1. The van der Waals surface area contributed by atoms with Crippen molar-refractivity contribution in [2.24, 2.45) is 10.2 Å². The van der Waals surface area contributed by atoms with E-state index in [9.17, 15) is 44.5 Å². The van der Waals surface area contributed by atoms with E-state index >= 15 is 0 Å². The van der Waals surface area contributed by atoms with Crippen LogP contribution >= 0.6 is 0 Å². The first kappa shape index (κ1) is 47.8. The number of rotatable bonds is 16. The zero-order valence-electron chi connectivity index (χ0n) is 38.2. The number of nitro benzene ring substituents is 2. The molecule has 2 heterocycles. The Kier molecular flexibility index (Phi) is 14.0. The predicted molar refractivity (Wildman–Crippen MR) is 253 cm³/mol. The van der Waals surface area contributed by atoms with Gasteiger partial charge in [0, 0.05) is 96.9 Å². The monoisotopic (exact) mass is 935 g/mol. The molecule has 0 radical (unpaired) electrons. The SMILES string of the molecule is Cc1nn(CCNC(=O)c2ccc(-c3c4ccc(=[N+](C)C)cc-4oc4cc(N(C)C)ccc34)c(C(=O)[O-])c2)c(C)c1N=Nc1ccc(C(=O)NCCNC(=O)c2cc([N+](=O)[O-])cc([N+](=O)[O-])c2)cc1. The van der Waals surface area contributed by atoms with E-state index in [0.717, 1.165) is 29.2 Å². The highest BCUT2D eigenvalue weighted by Gasteiger charge is 2.23. The van der Waals surface area contributed by atoms with Crippen molar-refractivity contribution in [2.75, 3.05) is 52.7 Å². The smallest absolute Gasteiger partial charge is 0.277 e. The molecular weight excluding hydrogens is 891 g/mol. The van der Waals surface area contributed by atoms with Crippen LogP contribution < -0.4 is 35.9 Å². The van der Waals surface area contributed by atoms with Crippen LogP contribution in [0.15, 0.2) is 112 Å². The molecule has 4 aromatic carbocycles. The first-order chi connectivity index (χ1) is 32.9. The van der Waals surface area contributed by atoms with Crippen LogP contribution in [0.5, 0.6) is 0 Å². The lowest BCUT2D eigenvalue weighted by Crippen LogP contribution is -2.34. The number of aromatic nitrogens is 2. The fourth-order valence-electron chi connectivity index (χ4n) is 7.49. The van der Waals surface area contributed by atoms with Crippen LogP contribution in [0.1, 0.15) is 52.8 Å². The van der Waals surface area contributed by atoms with Gasteiger partial charge >= 0.3 is 0 Å². The van der Waals surface area contributed by atoms with E-state index in [1.165, 1.54) is 18.2 Å². The quantitative estimate of drug-likeness (QED) is 0.0278. The number of carboxylic acid groups (broad SMARTS) is 1. The van der Waals surface area contributed by atoms with E-state index in [0.29, 0.717) is 56.2 Å². The summed E-state index contributed by atoms with van der Waals surface area (Å²) in [5.74, 6) is -2.63. The summed E-state index contributed by atoms with van der Waals surface area (Å²) in [6.45, 7) is 3.90. The first-order valence-corrected chi connectivity index (χ1v) is 21.3. The number of nitrogens with zero attached hydrogens (tertiary/aromatic N) is 8. The van der Waals surface area contributed by atoms with Crippen LogP contribution in [0.25, 0.3) is 33.4 Å². The Bertz CT molecular complexity index is 3250. The Morgan fingerprint density at radius 1 is 0.710 bits per heavy atom. The Labute approximate surface area is 393 Å². The van der Waals surface area contributed by atoms with Crippen molar-refractivity contribution >= 4 is 63.1 Å². The van der Waals surface area contributed by atoms with Gasteiger partial charge in [-0.25, -0.2) is 4.58 Å². The molecule has 1 aliphatic heterocycles. The minimum atomic E-state index is -1.44. The molecule has 5 aromatic rings. The summed E-state index contributed by atoms with van der Waals surface area (Å²) in [4.78, 5) is 74.0. The maximum absolute atomic E-state index is 13.5. The largest absolute Gasteiger partial charge is 0.545 e. The Morgan fingerprint density at radius 3 is 1.94 bits per heavy atom. The molecule has 69 heavy (non-hydrogen) atoms. The molecule has 7 rings (SSSR count). The highest BCUT2D eigenvalue weighted by atomic mass is 16.6. The molecule has 0 spiro atoms. The summed E-state index contributed by atoms with van der Waals surface area (Å²) in [6, 6.07) is 24.8. The van der Waals surface area contributed by atoms with Gasteiger partial charge in [-0.3, -0.25) is 39.3 Å². The van der Waals surface area contributed by atoms with Gasteiger partial charge in [-0.2, -0.15) is 10.2 Å². The summed E-state index contributed by atoms with van der Waals surface area (Å²) in [6.07, 6.45) is 0. The number of nitro groups is 2. The summed E-state index contributed by atoms with van der Waals surface area (Å²) >= 11 is 0. The van der Waals surface area contributed by atoms with E-state index in [4.69, 9.17) is 4.42 Å². The molecule has 0 atom stereocenters. The van der Waals surface area contributed by atoms with Crippen LogP contribution in [-0.2, 0) is 6.54 Å². The maximum atomic E-state index is 13.5. The zero-order chi connectivity index (χ0) is 49.7. The second kappa shape index (κ2) is 20.2. The van der Waals surface area contributed by atoms with Crippen molar-refractivity contribution < 1.29 is 38.5 Å². The first-order valence-electron chi connectivity index (χ1n) is 21.3. The molecule has 21 nitrogen and oxygen atoms in total. The lowest BCUT2D eigenvalue weighted by atomic mass is 9.89. The van der Waals surface area contributed by atoms with Gasteiger partial charge in [-0.1, -0.05) is 6.07 Å². The van der Waals surface area contributed by atoms with Crippen LogP contribution in [0.2, 0.25) is 0 Å². The second-order valence-electron chi connectivity index (χ2n) is 16.2. The molecule has 3 amide bonds. The third-order valence-electron chi connectivity index (χ3n) is 11.1. The number of non-ortho nitro benzene ring substituents is 2. The molecule has 2 aliphatic rings. The van der Waals surface area contributed by atoms with E-state index in [-0.39, 0.29) is 48.4 Å². The second-order valence-corrected chi connectivity index (χ2v) is 16.2. The van der Waals surface area contributed by atoms with Crippen molar-refractivity contribution in [1.82, 2.24) is 30.3 Å². The lowest BCUT2D eigenvalue weighted by Gasteiger charge is -2.20. The van der Waals surface area contributed by atoms with E-state index < -0.39 is 44.9 Å². The molecule has 0 saturated carbocycles. The number of hydrogen-bond donors (Lipinski definition) is 3. The van der Waals surface area contributed by atoms with Gasteiger partial charge in [0.15, 0.2) is 0 Å². The number of aryl methyl sites for hydroxylation is 1. The molecule has 352 valence electrons. The van der Waals surface area contributed by atoms with Crippen LogP contribution in [0.3, 0.4) is 0 Å². The lowest BCUT2D eigenvalue weighted by molar-refractivity contribution is -0.394. The predicted octanol–water partition coefficient (Wildman–Crippen LogP) is 5.30. The third kappa shape index (κ3) is 10.6. The molecule has 3 N–H and O–H groups in total. The van der Waals surface area contributed by atoms with E-state index in [1.54, 1.807) is 42.8 Å². The Balaban J connectivity index is 0.969. The average Bonchev–Trinajstić information content (AvgIpc) is 3.60. The van der Waals surface area contributed by atoms with Gasteiger partial charge in [-0.05, 0) is 74.0 Å². The number of fused-ring (bicyclic) bond motifs is 2. The number of amides is 3. The summed E-state index contributed by atoms with van der Waals surface area (Å²) in [5, 5.41) is 57.8. The Morgan fingerprint density at radius 2 is 1.32 bits per heavy atom. The number of carbonyl (C=O) groups excluding carboxylic acids is 4. The minimum Gasteiger partial charge on any atom is -0.545 e. The number of azo groups is 1. The van der Waals surface area contributed by atoms with Crippen molar-refractivity contribution in [1.29, 1.82) is 0 Å². The standard InChI is InChI=1S/C48H45N11O10/c1-27-44(53-52-32-10-7-29(8-11-32)45(60)49-17-18-50-47(62)31-21-35(58(65)66)24-36(22-31)59(67)68)28(2)57(54-27)20-19-51-46(61)30-9-14-37(40(23-30)48(63)64)43-38-15-12-33(55(3)4)25-41(38)69-42-26-34(56(5)6)13-16-39(42)43/h7-16,21-26H,17-20H2,1-6H3,(H3-,49,50,51,60,61,62,63,64). The molecule has 0 bridgehead atoms. The minimum absolute atomic E-state index is 0.00959. The molecule has 1 aromatic heterocycles. The average molecular weight is 936 g/mol. The van der Waals surface area contributed by atoms with Gasteiger partial charge in [0.05, 0.1) is 57.1 Å². The maximum Gasteiger partial charge on any atom is 0.277 e. The normalized spacial score (nSPS) is 11.2. The van der Waals surface area contributed by atoms with Gasteiger partial charge in [0.1, 0.15) is 31.1 Å². The molecule has 0 fully saturated rings. The van der Waals surface area contributed by atoms with Gasteiger partial charge < -0.3 is 35.2 Å². The van der Waals surface area contributed by atoms with Crippen LogP contribution in [0, 0.1) is 34.1 Å². The van der Waals surface area contributed by atoms with Crippen molar-refractivity contribution in [3.05, 3.63) is 156 Å². The van der Waals surface area contributed by atoms with Gasteiger partial charge in [-0.15, -0.1) is 5.11 Å². The topological polar surface area (TPSA) is 276 Å². The highest BCUT2D eigenvalue weighted by molar-refractivity contribution is 6.09.